The quantitative estimate of drug-likeness (QED) is 0.505. The molecule has 1 atom stereocenters. The Morgan fingerprint density at radius 2 is 1.84 bits per heavy atom. The number of carbonyl (C=O) groups is 3. The molecule has 1 rings (SSSR count). The van der Waals surface area contributed by atoms with Crippen molar-refractivity contribution in [1.29, 1.82) is 0 Å². The summed E-state index contributed by atoms with van der Waals surface area (Å²) in [6.45, 7) is 2.65. The third-order valence-corrected chi connectivity index (χ3v) is 3.41. The molecular formula is C16H20F4N4O7. The van der Waals surface area contributed by atoms with E-state index in [-0.39, 0.29) is 10.8 Å². The zero-order valence-corrected chi connectivity index (χ0v) is 16.6. The number of H-pyrrole nitrogens is 1. The van der Waals surface area contributed by atoms with Crippen LogP contribution in [0.1, 0.15) is 32.6 Å². The number of halogens is 4. The molecule has 0 saturated carbocycles. The number of carbonyl (C=O) groups excluding carboxylic acids is 2. The Hall–Kier alpha value is -3.39. The second kappa shape index (κ2) is 9.61. The number of nitrogens with zero attached hydrogens (tertiary/aromatic N) is 2. The average Bonchev–Trinajstić information content (AvgIpc) is 2.56. The van der Waals surface area contributed by atoms with Crippen molar-refractivity contribution in [3.05, 3.63) is 32.6 Å². The third-order valence-electron chi connectivity index (χ3n) is 3.41. The highest BCUT2D eigenvalue weighted by Crippen LogP contribution is 2.26. The van der Waals surface area contributed by atoms with Crippen molar-refractivity contribution in [2.24, 2.45) is 0 Å². The fourth-order valence-corrected chi connectivity index (χ4v) is 2.16. The first-order valence-corrected chi connectivity index (χ1v) is 8.57. The van der Waals surface area contributed by atoms with E-state index in [0.29, 0.717) is 4.90 Å². The van der Waals surface area contributed by atoms with Crippen molar-refractivity contribution in [3.8, 4) is 0 Å². The van der Waals surface area contributed by atoms with Gasteiger partial charge in [-0.2, -0.15) is 13.2 Å². The van der Waals surface area contributed by atoms with Crippen LogP contribution in [0.5, 0.6) is 0 Å². The summed E-state index contributed by atoms with van der Waals surface area (Å²) in [7, 11) is 0. The zero-order chi connectivity index (χ0) is 24.1. The molecule has 2 amide bonds. The summed E-state index contributed by atoms with van der Waals surface area (Å²) in [5.41, 5.74) is -6.27. The number of carboxylic acids is 1. The Morgan fingerprint density at radius 1 is 1.26 bits per heavy atom. The van der Waals surface area contributed by atoms with E-state index in [4.69, 9.17) is 9.84 Å². The van der Waals surface area contributed by atoms with E-state index in [1.54, 1.807) is 20.8 Å². The van der Waals surface area contributed by atoms with E-state index in [1.807, 2.05) is 0 Å². The van der Waals surface area contributed by atoms with Gasteiger partial charge >= 0.3 is 23.9 Å². The van der Waals surface area contributed by atoms with Gasteiger partial charge in [-0.15, -0.1) is 0 Å². The maximum atomic E-state index is 14.6. The summed E-state index contributed by atoms with van der Waals surface area (Å²) in [5.74, 6) is -3.28. The van der Waals surface area contributed by atoms with E-state index in [0.717, 1.165) is 0 Å². The van der Waals surface area contributed by atoms with Crippen molar-refractivity contribution >= 4 is 18.0 Å². The molecule has 0 aliphatic heterocycles. The van der Waals surface area contributed by atoms with Crippen LogP contribution in [0, 0.1) is 0 Å². The molecule has 0 aromatic carbocycles. The number of rotatable bonds is 7. The van der Waals surface area contributed by atoms with Crippen LogP contribution in [-0.2, 0) is 20.5 Å². The summed E-state index contributed by atoms with van der Waals surface area (Å²) in [5, 5.41) is 11.1. The van der Waals surface area contributed by atoms with Gasteiger partial charge in [0, 0.05) is 19.3 Å². The number of hydrogen-bond donors (Lipinski definition) is 3. The molecule has 31 heavy (non-hydrogen) atoms. The highest BCUT2D eigenvalue weighted by molar-refractivity contribution is 5.83. The smallest absolute Gasteiger partial charge is 0.423 e. The Kier molecular flexibility index (Phi) is 7.95. The molecule has 1 heterocycles. The second-order valence-corrected chi connectivity index (χ2v) is 7.13. The van der Waals surface area contributed by atoms with E-state index >= 15 is 0 Å². The van der Waals surface area contributed by atoms with Gasteiger partial charge in [-0.25, -0.2) is 14.0 Å². The molecule has 0 aliphatic rings. The number of carboxylic acid groups (broad SMARTS) is 1. The largest absolute Gasteiger partial charge is 0.480 e. The van der Waals surface area contributed by atoms with Gasteiger partial charge in [0.2, 0.25) is 0 Å². The van der Waals surface area contributed by atoms with Crippen molar-refractivity contribution in [2.75, 3.05) is 19.6 Å². The predicted octanol–water partition coefficient (Wildman–Crippen LogP) is 0.461. The first-order valence-electron chi connectivity index (χ1n) is 8.57. The Labute approximate surface area is 171 Å². The van der Waals surface area contributed by atoms with Crippen LogP contribution in [0.2, 0.25) is 0 Å². The highest BCUT2D eigenvalue weighted by atomic mass is 19.4. The van der Waals surface area contributed by atoms with Crippen LogP contribution in [-0.4, -0.2) is 62.8 Å². The first-order chi connectivity index (χ1) is 14.0. The number of nitrogens with one attached hydrogen (secondary N) is 2. The van der Waals surface area contributed by atoms with Gasteiger partial charge < -0.3 is 20.1 Å². The average molecular weight is 456 g/mol. The molecule has 0 spiro atoms. The van der Waals surface area contributed by atoms with Crippen LogP contribution in [0.25, 0.3) is 0 Å². The van der Waals surface area contributed by atoms with Crippen molar-refractivity contribution < 1.29 is 41.8 Å². The summed E-state index contributed by atoms with van der Waals surface area (Å²) in [6, 6.07) is 0. The zero-order valence-electron chi connectivity index (χ0n) is 16.6. The van der Waals surface area contributed by atoms with Gasteiger partial charge in [0.15, 0.2) is 0 Å². The number of ether oxygens (including phenoxy) is 1. The molecule has 0 aliphatic carbocycles. The van der Waals surface area contributed by atoms with Gasteiger partial charge in [-0.1, -0.05) is 0 Å². The van der Waals surface area contributed by atoms with Crippen molar-refractivity contribution in [2.45, 2.75) is 38.8 Å². The van der Waals surface area contributed by atoms with Crippen molar-refractivity contribution in [1.82, 2.24) is 19.8 Å². The second-order valence-electron chi connectivity index (χ2n) is 7.13. The number of aliphatic carboxylic acids is 1. The lowest BCUT2D eigenvalue weighted by Crippen LogP contribution is -2.46. The number of hydrogen-bond acceptors (Lipinski definition) is 6. The van der Waals surface area contributed by atoms with Gasteiger partial charge in [0.25, 0.3) is 17.8 Å². The molecule has 15 heteroatoms. The molecule has 174 valence electrons. The maximum absolute atomic E-state index is 14.6. The van der Waals surface area contributed by atoms with Gasteiger partial charge in [-0.3, -0.25) is 23.9 Å². The molecule has 0 saturated heterocycles. The fourth-order valence-electron chi connectivity index (χ4n) is 2.16. The summed E-state index contributed by atoms with van der Waals surface area (Å²) < 4.78 is 57.7. The monoisotopic (exact) mass is 456 g/mol. The predicted molar refractivity (Wildman–Crippen MR) is 94.9 cm³/mol. The minimum absolute atomic E-state index is 0.179. The van der Waals surface area contributed by atoms with Gasteiger partial charge in [0.1, 0.15) is 17.7 Å². The molecule has 0 bridgehead atoms. The highest BCUT2D eigenvalue weighted by Gasteiger charge is 2.37. The third kappa shape index (κ3) is 7.75. The summed E-state index contributed by atoms with van der Waals surface area (Å²) in [6.07, 6.45) is -9.42. The fraction of sp³-hybridized carbons (Fsp3) is 0.562. The molecule has 3 N–H and O–H groups in total. The number of alkyl carbamates (subject to hydrolysis) is 1. The van der Waals surface area contributed by atoms with E-state index in [2.05, 4.69) is 5.32 Å². The summed E-state index contributed by atoms with van der Waals surface area (Å²) in [4.78, 5) is 59.4. The van der Waals surface area contributed by atoms with Crippen LogP contribution in [0.4, 0.5) is 22.4 Å². The standard InChI is InChI=1S/C16H20F4N4O7/c1-15(2,3)31-14(30)21-4-5-23(7-9(25)26)12(28)10(17)24-6-8(16(18,19)20)11(27)22-13(24)29/h6,10H,4-5,7H2,1-3H3,(H,21,30)(H,25,26)(H,22,27,29). The van der Waals surface area contributed by atoms with Crippen LogP contribution < -0.4 is 16.6 Å². The number of alkyl halides is 4. The SMILES string of the molecule is CC(C)(C)OC(=O)NCCN(CC(=O)O)C(=O)C(F)n1cc(C(F)(F)F)c(=O)[nH]c1=O. The maximum Gasteiger partial charge on any atom is 0.423 e. The van der Waals surface area contributed by atoms with Crippen LogP contribution in [0.15, 0.2) is 15.8 Å². The molecule has 11 nitrogen and oxygen atoms in total. The summed E-state index contributed by atoms with van der Waals surface area (Å²) >= 11 is 0. The van der Waals surface area contributed by atoms with Crippen LogP contribution in [0.3, 0.4) is 0 Å². The molecule has 1 aromatic heterocycles. The molecule has 0 radical (unpaired) electrons. The molecule has 1 aromatic rings. The lowest BCUT2D eigenvalue weighted by molar-refractivity contribution is -0.149. The van der Waals surface area contributed by atoms with E-state index in [1.165, 1.54) is 4.98 Å². The lowest BCUT2D eigenvalue weighted by Gasteiger charge is -2.24. The Balaban J connectivity index is 3.05. The number of aromatic nitrogens is 2. The van der Waals surface area contributed by atoms with E-state index in [9.17, 15) is 41.5 Å². The van der Waals surface area contributed by atoms with Gasteiger partial charge in [-0.05, 0) is 20.8 Å². The topological polar surface area (TPSA) is 151 Å². The number of amides is 2. The minimum Gasteiger partial charge on any atom is -0.480 e. The van der Waals surface area contributed by atoms with Crippen LogP contribution >= 0.6 is 0 Å². The Morgan fingerprint density at radius 3 is 2.32 bits per heavy atom. The molecule has 1 unspecified atom stereocenters. The number of aromatic amines is 1. The van der Waals surface area contributed by atoms with E-state index < -0.39 is 72.5 Å². The van der Waals surface area contributed by atoms with Crippen molar-refractivity contribution in [3.63, 3.8) is 0 Å². The Bertz CT molecular complexity index is 949. The van der Waals surface area contributed by atoms with Gasteiger partial charge in [0.05, 0.1) is 0 Å². The lowest BCUT2D eigenvalue weighted by atomic mass is 10.2. The minimum atomic E-state index is -5.25. The molecule has 0 fully saturated rings. The normalized spacial score (nSPS) is 12.7. The molecular weight excluding hydrogens is 436 g/mol. The first kappa shape index (κ1) is 25.6.